The molecule has 0 radical (unpaired) electrons. The van der Waals surface area contributed by atoms with Crippen LogP contribution in [-0.2, 0) is 11.3 Å². The number of hydrogen-bond acceptors (Lipinski definition) is 4. The lowest BCUT2D eigenvalue weighted by Gasteiger charge is -2.44. The standard InChI is InChI=1S/C10H14N2O3S/c1-7-4-16-9(14)12(7)3-8(13)11-5-10(2,15)6-11/h4,15H,3,5-6H2,1-2H3. The van der Waals surface area contributed by atoms with Crippen molar-refractivity contribution in [3.8, 4) is 0 Å². The third-order valence-electron chi connectivity index (χ3n) is 2.69. The molecule has 0 atom stereocenters. The molecule has 1 aromatic rings. The average molecular weight is 242 g/mol. The number of aliphatic hydroxyl groups is 1. The van der Waals surface area contributed by atoms with Crippen LogP contribution in [0.25, 0.3) is 0 Å². The normalized spacial score (nSPS) is 18.3. The number of hydrogen-bond donors (Lipinski definition) is 1. The quantitative estimate of drug-likeness (QED) is 0.782. The number of amides is 1. The minimum Gasteiger partial charge on any atom is -0.386 e. The van der Waals surface area contributed by atoms with Crippen LogP contribution in [0.15, 0.2) is 10.2 Å². The number of carbonyl (C=O) groups is 1. The summed E-state index contributed by atoms with van der Waals surface area (Å²) in [6, 6.07) is 0. The van der Waals surface area contributed by atoms with Crippen molar-refractivity contribution in [2.45, 2.75) is 26.0 Å². The van der Waals surface area contributed by atoms with Gasteiger partial charge in [0.15, 0.2) is 0 Å². The van der Waals surface area contributed by atoms with Gasteiger partial charge in [-0.1, -0.05) is 11.3 Å². The maximum Gasteiger partial charge on any atom is 0.307 e. The van der Waals surface area contributed by atoms with Crippen molar-refractivity contribution in [1.82, 2.24) is 9.47 Å². The first-order valence-corrected chi connectivity index (χ1v) is 5.92. The van der Waals surface area contributed by atoms with Gasteiger partial charge < -0.3 is 10.0 Å². The molecule has 1 saturated heterocycles. The highest BCUT2D eigenvalue weighted by atomic mass is 32.1. The molecule has 0 bridgehead atoms. The Labute approximate surface area is 96.9 Å². The highest BCUT2D eigenvalue weighted by Gasteiger charge is 2.39. The van der Waals surface area contributed by atoms with Crippen LogP contribution in [0.5, 0.6) is 0 Å². The van der Waals surface area contributed by atoms with Crippen LogP contribution >= 0.6 is 11.3 Å². The fourth-order valence-electron chi connectivity index (χ4n) is 1.78. The summed E-state index contributed by atoms with van der Waals surface area (Å²) in [6.45, 7) is 4.27. The third kappa shape index (κ3) is 2.03. The van der Waals surface area contributed by atoms with Gasteiger partial charge in [0.2, 0.25) is 5.91 Å². The van der Waals surface area contributed by atoms with Crippen LogP contribution in [0.1, 0.15) is 12.6 Å². The van der Waals surface area contributed by atoms with E-state index in [-0.39, 0.29) is 17.3 Å². The number of rotatable bonds is 2. The summed E-state index contributed by atoms with van der Waals surface area (Å²) in [6.07, 6.45) is 0. The Morgan fingerprint density at radius 2 is 2.25 bits per heavy atom. The highest BCUT2D eigenvalue weighted by molar-refractivity contribution is 7.07. The number of β-amino-alcohol motifs (C(OH)–C–C–N with tert-alkyl or cyclic N) is 1. The monoisotopic (exact) mass is 242 g/mol. The van der Waals surface area contributed by atoms with E-state index in [0.29, 0.717) is 13.1 Å². The zero-order valence-corrected chi connectivity index (χ0v) is 10.1. The van der Waals surface area contributed by atoms with Crippen molar-refractivity contribution in [3.63, 3.8) is 0 Å². The van der Waals surface area contributed by atoms with Gasteiger partial charge in [0, 0.05) is 11.1 Å². The number of likely N-dealkylation sites (tertiary alicyclic amines) is 1. The van der Waals surface area contributed by atoms with E-state index < -0.39 is 5.60 Å². The first-order valence-electron chi connectivity index (χ1n) is 5.04. The molecular formula is C10H14N2O3S. The second kappa shape index (κ2) is 3.71. The Hall–Kier alpha value is -1.14. The molecule has 2 rings (SSSR count). The number of nitrogens with zero attached hydrogens (tertiary/aromatic N) is 2. The molecule has 0 aliphatic carbocycles. The average Bonchev–Trinajstić information content (AvgIpc) is 2.45. The lowest BCUT2D eigenvalue weighted by molar-refractivity contribution is -0.152. The fraction of sp³-hybridized carbons (Fsp3) is 0.600. The lowest BCUT2D eigenvalue weighted by Crippen LogP contribution is -2.62. The molecule has 1 aliphatic rings. The summed E-state index contributed by atoms with van der Waals surface area (Å²) in [7, 11) is 0. The molecule has 5 nitrogen and oxygen atoms in total. The Morgan fingerprint density at radius 1 is 1.62 bits per heavy atom. The van der Waals surface area contributed by atoms with Crippen molar-refractivity contribution in [3.05, 3.63) is 20.7 Å². The predicted octanol–water partition coefficient (Wildman–Crippen LogP) is -0.189. The second-order valence-electron chi connectivity index (χ2n) is 4.48. The molecular weight excluding hydrogens is 228 g/mol. The zero-order valence-electron chi connectivity index (χ0n) is 9.27. The Kier molecular flexibility index (Phi) is 2.63. The maximum atomic E-state index is 11.7. The molecule has 88 valence electrons. The molecule has 0 spiro atoms. The minimum atomic E-state index is -0.760. The van der Waals surface area contributed by atoms with E-state index in [0.717, 1.165) is 17.0 Å². The van der Waals surface area contributed by atoms with Crippen LogP contribution in [0, 0.1) is 6.92 Å². The Morgan fingerprint density at radius 3 is 2.69 bits per heavy atom. The van der Waals surface area contributed by atoms with E-state index in [4.69, 9.17) is 0 Å². The van der Waals surface area contributed by atoms with Gasteiger partial charge in [0.25, 0.3) is 0 Å². The van der Waals surface area contributed by atoms with Crippen molar-refractivity contribution >= 4 is 17.2 Å². The summed E-state index contributed by atoms with van der Waals surface area (Å²) in [5.41, 5.74) is 0.0419. The van der Waals surface area contributed by atoms with Crippen LogP contribution in [-0.4, -0.2) is 39.2 Å². The first kappa shape index (κ1) is 11.3. The maximum absolute atomic E-state index is 11.7. The Bertz CT molecular complexity index is 467. The summed E-state index contributed by atoms with van der Waals surface area (Å²) < 4.78 is 1.46. The molecule has 0 aromatic carbocycles. The molecule has 1 fully saturated rings. The van der Waals surface area contributed by atoms with Crippen molar-refractivity contribution in [2.24, 2.45) is 0 Å². The largest absolute Gasteiger partial charge is 0.386 e. The van der Waals surface area contributed by atoms with Crippen LogP contribution in [0.3, 0.4) is 0 Å². The van der Waals surface area contributed by atoms with Gasteiger partial charge in [-0.05, 0) is 13.8 Å². The predicted molar refractivity (Wildman–Crippen MR) is 60.5 cm³/mol. The molecule has 1 N–H and O–H groups in total. The topological polar surface area (TPSA) is 62.5 Å². The highest BCUT2D eigenvalue weighted by Crippen LogP contribution is 2.19. The van der Waals surface area contributed by atoms with Crippen LogP contribution in [0.2, 0.25) is 0 Å². The SMILES string of the molecule is Cc1csc(=O)n1CC(=O)N1CC(C)(O)C1. The number of carbonyl (C=O) groups excluding carboxylic acids is 1. The number of aryl methyl sites for hydroxylation is 1. The summed E-state index contributed by atoms with van der Waals surface area (Å²) in [5.74, 6) is -0.116. The molecule has 2 heterocycles. The van der Waals surface area contributed by atoms with Gasteiger partial charge in [-0.25, -0.2) is 0 Å². The van der Waals surface area contributed by atoms with E-state index in [9.17, 15) is 14.7 Å². The molecule has 1 aliphatic heterocycles. The van der Waals surface area contributed by atoms with Crippen LogP contribution < -0.4 is 4.87 Å². The van der Waals surface area contributed by atoms with E-state index >= 15 is 0 Å². The van der Waals surface area contributed by atoms with Crippen LogP contribution in [0.4, 0.5) is 0 Å². The van der Waals surface area contributed by atoms with Gasteiger partial charge in [-0.15, -0.1) is 0 Å². The zero-order chi connectivity index (χ0) is 11.9. The summed E-state index contributed by atoms with van der Waals surface area (Å²) in [4.78, 5) is 24.6. The molecule has 1 amide bonds. The number of aromatic nitrogens is 1. The molecule has 1 aromatic heterocycles. The molecule has 16 heavy (non-hydrogen) atoms. The van der Waals surface area contributed by atoms with E-state index in [1.807, 2.05) is 0 Å². The van der Waals surface area contributed by atoms with Gasteiger partial charge >= 0.3 is 4.87 Å². The minimum absolute atomic E-state index is 0.0737. The fourth-order valence-corrected chi connectivity index (χ4v) is 2.52. The lowest BCUT2D eigenvalue weighted by atomic mass is 9.97. The van der Waals surface area contributed by atoms with Gasteiger partial charge in [-0.3, -0.25) is 14.2 Å². The summed E-state index contributed by atoms with van der Waals surface area (Å²) in [5, 5.41) is 11.2. The van der Waals surface area contributed by atoms with Crippen molar-refractivity contribution in [1.29, 1.82) is 0 Å². The third-order valence-corrected chi connectivity index (χ3v) is 3.57. The molecule has 0 saturated carbocycles. The smallest absolute Gasteiger partial charge is 0.307 e. The van der Waals surface area contributed by atoms with E-state index in [1.165, 1.54) is 4.57 Å². The Balaban J connectivity index is 2.02. The van der Waals surface area contributed by atoms with Crippen molar-refractivity contribution in [2.75, 3.05) is 13.1 Å². The second-order valence-corrected chi connectivity index (χ2v) is 5.30. The van der Waals surface area contributed by atoms with E-state index in [2.05, 4.69) is 0 Å². The number of thiazole rings is 1. The van der Waals surface area contributed by atoms with Crippen molar-refractivity contribution < 1.29 is 9.90 Å². The summed E-state index contributed by atoms with van der Waals surface area (Å²) >= 11 is 1.10. The molecule has 6 heteroatoms. The van der Waals surface area contributed by atoms with Gasteiger partial charge in [0.05, 0.1) is 18.7 Å². The first-order chi connectivity index (χ1) is 7.39. The van der Waals surface area contributed by atoms with Gasteiger partial charge in [0.1, 0.15) is 6.54 Å². The van der Waals surface area contributed by atoms with E-state index in [1.54, 1.807) is 24.1 Å². The van der Waals surface area contributed by atoms with Gasteiger partial charge in [-0.2, -0.15) is 0 Å². The molecule has 0 unspecified atom stereocenters.